The van der Waals surface area contributed by atoms with E-state index in [9.17, 15) is 0 Å². The molecule has 0 aliphatic heterocycles. The molecule has 2 saturated carbocycles. The van der Waals surface area contributed by atoms with Crippen molar-refractivity contribution in [2.24, 2.45) is 12.5 Å². The van der Waals surface area contributed by atoms with Crippen molar-refractivity contribution < 1.29 is 13.4 Å². The van der Waals surface area contributed by atoms with Gasteiger partial charge >= 0.3 is 0 Å². The number of fused-ring (bicyclic) bond motifs is 3. The second-order valence-electron chi connectivity index (χ2n) is 11.9. The minimum absolute atomic E-state index is 0.241. The van der Waals surface area contributed by atoms with E-state index in [1.54, 1.807) is 6.07 Å². The summed E-state index contributed by atoms with van der Waals surface area (Å²) in [5, 5.41) is 1.97. The molecule has 2 aliphatic rings. The van der Waals surface area contributed by atoms with Crippen LogP contribution >= 0.6 is 0 Å². The molecule has 5 aromatic rings. The summed E-state index contributed by atoms with van der Waals surface area (Å²) in [7, 11) is 2.05. The molecule has 2 fully saturated rings. The number of halogens is 1. The van der Waals surface area contributed by atoms with Crippen molar-refractivity contribution in [3.05, 3.63) is 89.9 Å². The van der Waals surface area contributed by atoms with Gasteiger partial charge in [0.25, 0.3) is 0 Å². The van der Waals surface area contributed by atoms with Gasteiger partial charge in [0.05, 0.1) is 11.1 Å². The molecule has 3 aromatic carbocycles. The number of aromatic nitrogens is 1. The lowest BCUT2D eigenvalue weighted by Crippen LogP contribution is -2.30. The number of rotatable bonds is 3. The first-order chi connectivity index (χ1) is 18.5. The van der Waals surface area contributed by atoms with Gasteiger partial charge in [-0.1, -0.05) is 55.7 Å². The highest BCUT2D eigenvalue weighted by Crippen LogP contribution is 2.54. The van der Waals surface area contributed by atoms with Gasteiger partial charge in [-0.05, 0) is 85.3 Å². The van der Waals surface area contributed by atoms with Crippen molar-refractivity contribution in [2.45, 2.75) is 64.2 Å². The van der Waals surface area contributed by atoms with Gasteiger partial charge in [0.2, 0.25) is 5.69 Å². The van der Waals surface area contributed by atoms with Crippen LogP contribution in [0.2, 0.25) is 0 Å². The van der Waals surface area contributed by atoms with E-state index >= 15 is 4.39 Å². The molecule has 1 spiro atoms. The molecular formula is C35H35FNO+. The summed E-state index contributed by atoms with van der Waals surface area (Å²) in [5.74, 6) is 0.390. The predicted molar refractivity (Wildman–Crippen MR) is 153 cm³/mol. The summed E-state index contributed by atoms with van der Waals surface area (Å²) in [4.78, 5) is 0. The number of pyridine rings is 1. The zero-order valence-electron chi connectivity index (χ0n) is 22.4. The smallest absolute Gasteiger partial charge is 0.216 e. The Balaban J connectivity index is 1.31. The Kier molecular flexibility index (Phi) is 5.65. The van der Waals surface area contributed by atoms with Crippen LogP contribution in [0, 0.1) is 18.2 Å². The van der Waals surface area contributed by atoms with Crippen molar-refractivity contribution >= 4 is 21.9 Å². The molecule has 1 unspecified atom stereocenters. The fourth-order valence-corrected chi connectivity index (χ4v) is 7.52. The van der Waals surface area contributed by atoms with E-state index in [-0.39, 0.29) is 5.82 Å². The van der Waals surface area contributed by atoms with E-state index in [0.29, 0.717) is 22.5 Å². The van der Waals surface area contributed by atoms with Crippen LogP contribution in [0.3, 0.4) is 0 Å². The van der Waals surface area contributed by atoms with E-state index in [2.05, 4.69) is 54.0 Å². The predicted octanol–water partition coefficient (Wildman–Crippen LogP) is 9.41. The molecular weight excluding hydrogens is 469 g/mol. The van der Waals surface area contributed by atoms with Crippen LogP contribution in [0.15, 0.2) is 77.3 Å². The Bertz CT molecular complexity index is 1660. The number of nitrogens with zero attached hydrogens (tertiary/aromatic N) is 1. The summed E-state index contributed by atoms with van der Waals surface area (Å²) in [6, 6.07) is 22.6. The normalized spacial score (nSPS) is 19.1. The van der Waals surface area contributed by atoms with Crippen LogP contribution in [0.25, 0.3) is 44.3 Å². The first-order valence-corrected chi connectivity index (χ1v) is 14.2. The zero-order valence-corrected chi connectivity index (χ0v) is 22.4. The van der Waals surface area contributed by atoms with Gasteiger partial charge in [0, 0.05) is 22.9 Å². The van der Waals surface area contributed by atoms with E-state index in [4.69, 9.17) is 4.42 Å². The molecule has 3 heteroatoms. The first kappa shape index (κ1) is 23.6. The van der Waals surface area contributed by atoms with E-state index < -0.39 is 0 Å². The Morgan fingerprint density at radius 2 is 1.55 bits per heavy atom. The largest absolute Gasteiger partial charge is 0.454 e. The van der Waals surface area contributed by atoms with Crippen molar-refractivity contribution in [2.75, 3.05) is 0 Å². The van der Waals surface area contributed by atoms with Crippen molar-refractivity contribution in [3.8, 4) is 22.4 Å². The van der Waals surface area contributed by atoms with Gasteiger partial charge in [0.15, 0.2) is 6.20 Å². The zero-order chi connectivity index (χ0) is 25.9. The molecule has 2 nitrogen and oxygen atoms in total. The number of hydrogen-bond acceptors (Lipinski definition) is 1. The molecule has 0 bridgehead atoms. The van der Waals surface area contributed by atoms with Crippen LogP contribution in [0.1, 0.15) is 68.4 Å². The number of hydrogen-bond donors (Lipinski definition) is 0. The second kappa shape index (κ2) is 9.08. The van der Waals surface area contributed by atoms with Crippen LogP contribution in [-0.2, 0) is 7.05 Å². The minimum atomic E-state index is -0.241. The van der Waals surface area contributed by atoms with Crippen LogP contribution in [0.4, 0.5) is 4.39 Å². The van der Waals surface area contributed by atoms with Crippen LogP contribution < -0.4 is 4.57 Å². The average Bonchev–Trinajstić information content (AvgIpc) is 3.51. The fourth-order valence-electron chi connectivity index (χ4n) is 7.52. The number of benzene rings is 3. The van der Waals surface area contributed by atoms with Crippen LogP contribution in [0.5, 0.6) is 0 Å². The molecule has 1 atom stereocenters. The highest BCUT2D eigenvalue weighted by Gasteiger charge is 2.40. The summed E-state index contributed by atoms with van der Waals surface area (Å²) < 4.78 is 24.2. The standard InChI is InChI=1S/C35H35FNO/c1-23-9-14-27-28-15-16-29(36)32(34(28)38-33(27)31(23)30-8-4-7-21-37(30)2)25-12-10-24(11-13-25)26-17-20-35(22-26)18-5-3-6-19-35/h4,7-16,21,26H,3,5-6,17-20,22H2,1-2H3/q+1. The third kappa shape index (κ3) is 3.78. The van der Waals surface area contributed by atoms with Gasteiger partial charge in [0.1, 0.15) is 24.0 Å². The number of aryl methyl sites for hydroxylation is 2. The van der Waals surface area contributed by atoms with E-state index in [1.807, 2.05) is 31.4 Å². The topological polar surface area (TPSA) is 17.0 Å². The fraction of sp³-hybridized carbons (Fsp3) is 0.343. The molecule has 0 saturated heterocycles. The van der Waals surface area contributed by atoms with Gasteiger partial charge < -0.3 is 4.42 Å². The summed E-state index contributed by atoms with van der Waals surface area (Å²) >= 11 is 0. The van der Waals surface area contributed by atoms with Crippen LogP contribution in [-0.4, -0.2) is 0 Å². The lowest BCUT2D eigenvalue weighted by Gasteiger charge is -2.33. The van der Waals surface area contributed by atoms with Crippen molar-refractivity contribution in [1.29, 1.82) is 0 Å². The Morgan fingerprint density at radius 3 is 2.32 bits per heavy atom. The lowest BCUT2D eigenvalue weighted by molar-refractivity contribution is -0.660. The Hall–Kier alpha value is -3.46. The van der Waals surface area contributed by atoms with Gasteiger partial charge in [-0.3, -0.25) is 0 Å². The highest BCUT2D eigenvalue weighted by molar-refractivity contribution is 6.13. The maximum absolute atomic E-state index is 15.5. The van der Waals surface area contributed by atoms with E-state index in [0.717, 1.165) is 38.7 Å². The van der Waals surface area contributed by atoms with Crippen molar-refractivity contribution in [3.63, 3.8) is 0 Å². The molecule has 2 aliphatic carbocycles. The third-order valence-electron chi connectivity index (χ3n) is 9.57. The third-order valence-corrected chi connectivity index (χ3v) is 9.57. The minimum Gasteiger partial charge on any atom is -0.454 e. The van der Waals surface area contributed by atoms with Gasteiger partial charge in [-0.25, -0.2) is 8.96 Å². The molecule has 38 heavy (non-hydrogen) atoms. The maximum Gasteiger partial charge on any atom is 0.216 e. The maximum atomic E-state index is 15.5. The molecule has 2 aromatic heterocycles. The quantitative estimate of drug-likeness (QED) is 0.224. The number of furan rings is 1. The molecule has 0 radical (unpaired) electrons. The van der Waals surface area contributed by atoms with E-state index in [1.165, 1.54) is 56.9 Å². The van der Waals surface area contributed by atoms with Crippen molar-refractivity contribution in [1.82, 2.24) is 0 Å². The SMILES string of the molecule is Cc1ccc2c(oc3c(-c4ccc(C5CCC6(CCCCC6)C5)cc4)c(F)ccc32)c1-c1cccc[n+]1C. The summed E-state index contributed by atoms with van der Waals surface area (Å²) in [5.41, 5.74) is 8.13. The average molecular weight is 505 g/mol. The lowest BCUT2D eigenvalue weighted by atomic mass is 9.72. The molecule has 192 valence electrons. The highest BCUT2D eigenvalue weighted by atomic mass is 19.1. The summed E-state index contributed by atoms with van der Waals surface area (Å²) in [6.07, 6.45) is 13.0. The first-order valence-electron chi connectivity index (χ1n) is 14.2. The Labute approximate surface area is 224 Å². The molecule has 2 heterocycles. The summed E-state index contributed by atoms with van der Waals surface area (Å²) in [6.45, 7) is 2.11. The van der Waals surface area contributed by atoms with Gasteiger partial charge in [-0.15, -0.1) is 0 Å². The molecule has 0 N–H and O–H groups in total. The van der Waals surface area contributed by atoms with Gasteiger partial charge in [-0.2, -0.15) is 0 Å². The second-order valence-corrected chi connectivity index (χ2v) is 11.9. The monoisotopic (exact) mass is 504 g/mol. The molecule has 7 rings (SSSR count). The Morgan fingerprint density at radius 1 is 0.816 bits per heavy atom. The molecule has 0 amide bonds.